The van der Waals surface area contributed by atoms with Crippen LogP contribution >= 0.6 is 11.6 Å². The summed E-state index contributed by atoms with van der Waals surface area (Å²) in [6, 6.07) is 7.32. The van der Waals surface area contributed by atoms with Gasteiger partial charge in [-0.2, -0.15) is 0 Å². The fourth-order valence-electron chi connectivity index (χ4n) is 1.77. The molecule has 1 aromatic carbocycles. The number of benzene rings is 1. The van der Waals surface area contributed by atoms with Gasteiger partial charge in [0.15, 0.2) is 0 Å². The molecule has 2 rings (SSSR count). The van der Waals surface area contributed by atoms with Crippen molar-refractivity contribution in [3.8, 4) is 5.75 Å². The molecule has 0 fully saturated rings. The zero-order valence-electron chi connectivity index (χ0n) is 11.2. The summed E-state index contributed by atoms with van der Waals surface area (Å²) in [4.78, 5) is 0. The Bertz CT molecular complexity index is 513. The quantitative estimate of drug-likeness (QED) is 0.759. The van der Waals surface area contributed by atoms with E-state index in [9.17, 15) is 0 Å². The van der Waals surface area contributed by atoms with Gasteiger partial charge in [-0.15, -0.1) is 5.10 Å². The summed E-state index contributed by atoms with van der Waals surface area (Å²) in [5.74, 6) is 0.816. The number of ether oxygens (including phenoxy) is 1. The molecule has 0 unspecified atom stereocenters. The lowest BCUT2D eigenvalue weighted by atomic mass is 10.3. The maximum absolute atomic E-state index is 8.75. The van der Waals surface area contributed by atoms with Crippen LogP contribution < -0.4 is 4.74 Å². The Hall–Kier alpha value is -1.59. The largest absolute Gasteiger partial charge is 0.494 e. The van der Waals surface area contributed by atoms with E-state index in [0.717, 1.165) is 37.3 Å². The molecular formula is C14H18ClN3O2. The number of aromatic nitrogens is 3. The van der Waals surface area contributed by atoms with Gasteiger partial charge in [0.25, 0.3) is 0 Å². The molecular weight excluding hydrogens is 278 g/mol. The van der Waals surface area contributed by atoms with Crippen molar-refractivity contribution in [2.45, 2.75) is 25.8 Å². The van der Waals surface area contributed by atoms with Crippen molar-refractivity contribution >= 4 is 11.6 Å². The molecule has 0 radical (unpaired) electrons. The van der Waals surface area contributed by atoms with Crippen LogP contribution in [0.3, 0.4) is 0 Å². The van der Waals surface area contributed by atoms with Crippen molar-refractivity contribution in [1.29, 1.82) is 0 Å². The number of halogens is 1. The molecule has 0 spiro atoms. The number of aliphatic hydroxyl groups excluding tert-OH is 1. The topological polar surface area (TPSA) is 60.2 Å². The minimum atomic E-state index is 0.182. The predicted molar refractivity (Wildman–Crippen MR) is 77.0 cm³/mol. The van der Waals surface area contributed by atoms with Crippen LogP contribution in [0.1, 0.15) is 18.5 Å². The third kappa shape index (κ3) is 4.83. The summed E-state index contributed by atoms with van der Waals surface area (Å²) in [5, 5.41) is 17.5. The lowest BCUT2D eigenvalue weighted by Gasteiger charge is -2.05. The van der Waals surface area contributed by atoms with Gasteiger partial charge in [-0.25, -0.2) is 0 Å². The number of rotatable bonds is 8. The van der Waals surface area contributed by atoms with Crippen LogP contribution in [0.25, 0.3) is 0 Å². The summed E-state index contributed by atoms with van der Waals surface area (Å²) in [6.45, 7) is 1.56. The van der Waals surface area contributed by atoms with E-state index in [2.05, 4.69) is 10.3 Å². The Morgan fingerprint density at radius 2 is 2.00 bits per heavy atom. The molecule has 0 saturated heterocycles. The molecule has 2 aromatic rings. The summed E-state index contributed by atoms with van der Waals surface area (Å²) in [6.07, 6.45) is 4.25. The molecule has 108 valence electrons. The molecule has 0 amide bonds. The summed E-state index contributed by atoms with van der Waals surface area (Å²) in [7, 11) is 0. The summed E-state index contributed by atoms with van der Waals surface area (Å²) in [5.41, 5.74) is 0.915. The van der Waals surface area contributed by atoms with E-state index in [1.807, 2.05) is 30.5 Å². The molecule has 1 N–H and O–H groups in total. The van der Waals surface area contributed by atoms with Gasteiger partial charge >= 0.3 is 0 Å². The minimum absolute atomic E-state index is 0.182. The van der Waals surface area contributed by atoms with Crippen LogP contribution in [0, 0.1) is 0 Å². The standard InChI is InChI=1S/C14H18ClN3O2/c15-12-4-6-14(7-5-12)20-10-2-8-18-11-13(16-17-18)3-1-9-19/h4-7,11,19H,1-3,8-10H2. The highest BCUT2D eigenvalue weighted by Gasteiger charge is 2.00. The van der Waals surface area contributed by atoms with Gasteiger partial charge in [0.2, 0.25) is 0 Å². The van der Waals surface area contributed by atoms with Crippen LogP contribution in [-0.2, 0) is 13.0 Å². The van der Waals surface area contributed by atoms with Gasteiger partial charge in [0.05, 0.1) is 12.3 Å². The Labute approximate surface area is 123 Å². The van der Waals surface area contributed by atoms with E-state index < -0.39 is 0 Å². The van der Waals surface area contributed by atoms with Crippen molar-refractivity contribution in [2.75, 3.05) is 13.2 Å². The van der Waals surface area contributed by atoms with Crippen molar-refractivity contribution in [1.82, 2.24) is 15.0 Å². The number of nitrogens with zero attached hydrogens (tertiary/aromatic N) is 3. The van der Waals surface area contributed by atoms with Crippen molar-refractivity contribution in [2.24, 2.45) is 0 Å². The normalized spacial score (nSPS) is 10.7. The zero-order chi connectivity index (χ0) is 14.2. The van der Waals surface area contributed by atoms with Crippen LogP contribution in [0.5, 0.6) is 5.75 Å². The molecule has 1 aromatic heterocycles. The van der Waals surface area contributed by atoms with Crippen molar-refractivity contribution < 1.29 is 9.84 Å². The summed E-state index contributed by atoms with van der Waals surface area (Å²) < 4.78 is 7.40. The molecule has 0 bridgehead atoms. The third-order valence-electron chi connectivity index (χ3n) is 2.79. The van der Waals surface area contributed by atoms with Crippen LogP contribution in [-0.4, -0.2) is 33.3 Å². The van der Waals surface area contributed by atoms with Crippen molar-refractivity contribution in [3.05, 3.63) is 41.2 Å². The van der Waals surface area contributed by atoms with E-state index in [4.69, 9.17) is 21.4 Å². The van der Waals surface area contributed by atoms with Gasteiger partial charge < -0.3 is 9.84 Å². The first kappa shape index (κ1) is 14.8. The van der Waals surface area contributed by atoms with E-state index in [-0.39, 0.29) is 6.61 Å². The maximum atomic E-state index is 8.75. The monoisotopic (exact) mass is 295 g/mol. The molecule has 0 atom stereocenters. The first-order chi connectivity index (χ1) is 9.78. The SMILES string of the molecule is OCCCc1cn(CCCOc2ccc(Cl)cc2)nn1. The minimum Gasteiger partial charge on any atom is -0.494 e. The van der Waals surface area contributed by atoms with Crippen LogP contribution in [0.4, 0.5) is 0 Å². The second-order valence-corrected chi connectivity index (χ2v) is 4.89. The smallest absolute Gasteiger partial charge is 0.119 e. The molecule has 0 aliphatic carbocycles. The number of aliphatic hydroxyl groups is 1. The van der Waals surface area contributed by atoms with Crippen LogP contribution in [0.2, 0.25) is 5.02 Å². The highest BCUT2D eigenvalue weighted by Crippen LogP contribution is 2.15. The first-order valence-corrected chi connectivity index (χ1v) is 7.04. The zero-order valence-corrected chi connectivity index (χ0v) is 12.0. The van der Waals surface area contributed by atoms with Crippen LogP contribution in [0.15, 0.2) is 30.5 Å². The van der Waals surface area contributed by atoms with E-state index in [1.165, 1.54) is 0 Å². The summed E-state index contributed by atoms with van der Waals surface area (Å²) >= 11 is 5.80. The number of aryl methyl sites for hydroxylation is 2. The number of hydrogen-bond donors (Lipinski definition) is 1. The third-order valence-corrected chi connectivity index (χ3v) is 3.04. The first-order valence-electron chi connectivity index (χ1n) is 6.66. The Balaban J connectivity index is 1.67. The van der Waals surface area contributed by atoms with E-state index in [0.29, 0.717) is 11.6 Å². The maximum Gasteiger partial charge on any atom is 0.119 e. The second-order valence-electron chi connectivity index (χ2n) is 4.46. The van der Waals surface area contributed by atoms with E-state index >= 15 is 0 Å². The Morgan fingerprint density at radius 1 is 1.20 bits per heavy atom. The van der Waals surface area contributed by atoms with E-state index in [1.54, 1.807) is 4.68 Å². The van der Waals surface area contributed by atoms with Crippen molar-refractivity contribution in [3.63, 3.8) is 0 Å². The Morgan fingerprint density at radius 3 is 2.75 bits per heavy atom. The molecule has 5 nitrogen and oxygen atoms in total. The van der Waals surface area contributed by atoms with Gasteiger partial charge in [-0.1, -0.05) is 16.8 Å². The number of hydrogen-bond acceptors (Lipinski definition) is 4. The average molecular weight is 296 g/mol. The van der Waals surface area contributed by atoms with Gasteiger partial charge in [0.1, 0.15) is 5.75 Å². The molecule has 1 heterocycles. The highest BCUT2D eigenvalue weighted by molar-refractivity contribution is 6.30. The fourth-order valence-corrected chi connectivity index (χ4v) is 1.90. The lowest BCUT2D eigenvalue weighted by molar-refractivity contribution is 0.288. The Kier molecular flexibility index (Phi) is 5.83. The molecule has 0 aliphatic rings. The van der Waals surface area contributed by atoms with Gasteiger partial charge in [-0.3, -0.25) is 4.68 Å². The lowest BCUT2D eigenvalue weighted by Crippen LogP contribution is -2.05. The molecule has 6 heteroatoms. The second kappa shape index (κ2) is 7.87. The molecule has 0 aliphatic heterocycles. The van der Waals surface area contributed by atoms with Gasteiger partial charge in [0, 0.05) is 30.8 Å². The van der Waals surface area contributed by atoms with Gasteiger partial charge in [-0.05, 0) is 37.1 Å². The molecule has 20 heavy (non-hydrogen) atoms. The predicted octanol–water partition coefficient (Wildman–Crippen LogP) is 2.33. The molecule has 0 saturated carbocycles. The average Bonchev–Trinajstić information content (AvgIpc) is 2.91. The highest BCUT2D eigenvalue weighted by atomic mass is 35.5. The fraction of sp³-hybridized carbons (Fsp3) is 0.429.